The molecule has 0 aliphatic rings. The first-order chi connectivity index (χ1) is 7.22. The van der Waals surface area contributed by atoms with Crippen molar-refractivity contribution in [3.8, 4) is 17.2 Å². The van der Waals surface area contributed by atoms with Crippen molar-refractivity contribution in [1.82, 2.24) is 0 Å². The first kappa shape index (κ1) is 11.7. The van der Waals surface area contributed by atoms with Crippen LogP contribution in [0.5, 0.6) is 17.2 Å². The maximum atomic E-state index is 9.19. The molecule has 0 spiro atoms. The van der Waals surface area contributed by atoms with Gasteiger partial charge in [0.1, 0.15) is 17.2 Å². The third-order valence-electron chi connectivity index (χ3n) is 2.14. The molecule has 0 fully saturated rings. The van der Waals surface area contributed by atoms with E-state index in [1.807, 2.05) is 0 Å². The molecule has 0 saturated heterocycles. The normalized spacial score (nSPS) is 10.2. The molecule has 1 aromatic rings. The van der Waals surface area contributed by atoms with Crippen molar-refractivity contribution in [2.24, 2.45) is 0 Å². The van der Waals surface area contributed by atoms with Crippen molar-refractivity contribution in [2.45, 2.75) is 32.6 Å². The van der Waals surface area contributed by atoms with Gasteiger partial charge in [0.05, 0.1) is 6.61 Å². The van der Waals surface area contributed by atoms with Crippen LogP contribution in [-0.4, -0.2) is 16.8 Å². The molecule has 0 atom stereocenters. The number of benzene rings is 1. The summed E-state index contributed by atoms with van der Waals surface area (Å²) in [7, 11) is 0. The number of ether oxygens (including phenoxy) is 1. The fraction of sp³-hybridized carbons (Fsp3) is 0.500. The lowest BCUT2D eigenvalue weighted by atomic mass is 10.2. The lowest BCUT2D eigenvalue weighted by Crippen LogP contribution is -1.96. The number of hydrogen-bond donors (Lipinski definition) is 2. The average molecular weight is 210 g/mol. The predicted molar refractivity (Wildman–Crippen MR) is 59.4 cm³/mol. The highest BCUT2D eigenvalue weighted by Gasteiger charge is 1.99. The van der Waals surface area contributed by atoms with Gasteiger partial charge in [-0.15, -0.1) is 0 Å². The Morgan fingerprint density at radius 3 is 2.27 bits per heavy atom. The largest absolute Gasteiger partial charge is 0.508 e. The molecule has 0 aromatic heterocycles. The van der Waals surface area contributed by atoms with Gasteiger partial charge in [-0.25, -0.2) is 0 Å². The Kier molecular flexibility index (Phi) is 4.81. The molecule has 2 N–H and O–H groups in total. The summed E-state index contributed by atoms with van der Waals surface area (Å²) in [6, 6.07) is 4.28. The summed E-state index contributed by atoms with van der Waals surface area (Å²) in [6.07, 6.45) is 4.58. The Morgan fingerprint density at radius 1 is 1.00 bits per heavy atom. The molecule has 1 rings (SSSR count). The average Bonchev–Trinajstić information content (AvgIpc) is 2.16. The summed E-state index contributed by atoms with van der Waals surface area (Å²) in [5.74, 6) is 0.570. The van der Waals surface area contributed by atoms with Crippen molar-refractivity contribution in [1.29, 1.82) is 0 Å². The smallest absolute Gasteiger partial charge is 0.126 e. The molecule has 15 heavy (non-hydrogen) atoms. The zero-order valence-electron chi connectivity index (χ0n) is 9.07. The predicted octanol–water partition coefficient (Wildman–Crippen LogP) is 3.06. The molecule has 0 amide bonds. The summed E-state index contributed by atoms with van der Waals surface area (Å²) < 4.78 is 5.39. The van der Waals surface area contributed by atoms with Gasteiger partial charge < -0.3 is 14.9 Å². The fourth-order valence-corrected chi connectivity index (χ4v) is 1.37. The maximum Gasteiger partial charge on any atom is 0.126 e. The van der Waals surface area contributed by atoms with E-state index in [1.54, 1.807) is 0 Å². The van der Waals surface area contributed by atoms with E-state index in [2.05, 4.69) is 6.92 Å². The molecule has 0 radical (unpaired) electrons. The summed E-state index contributed by atoms with van der Waals surface area (Å²) >= 11 is 0. The highest BCUT2D eigenvalue weighted by molar-refractivity contribution is 5.40. The van der Waals surface area contributed by atoms with E-state index in [0.717, 1.165) is 12.8 Å². The summed E-state index contributed by atoms with van der Waals surface area (Å²) in [5, 5.41) is 18.4. The molecule has 0 bridgehead atoms. The Hall–Kier alpha value is -1.38. The number of hydrogen-bond acceptors (Lipinski definition) is 3. The Morgan fingerprint density at radius 2 is 1.67 bits per heavy atom. The summed E-state index contributed by atoms with van der Waals surface area (Å²) in [4.78, 5) is 0. The van der Waals surface area contributed by atoms with Crippen LogP contribution in [0.15, 0.2) is 18.2 Å². The zero-order valence-corrected chi connectivity index (χ0v) is 9.07. The molecule has 1 aromatic carbocycles. The standard InChI is InChI=1S/C12H18O3/c1-2-3-4-5-6-15-12-8-10(13)7-11(14)9-12/h7-9,13-14H,2-6H2,1H3. The van der Waals surface area contributed by atoms with Crippen molar-refractivity contribution in [3.05, 3.63) is 18.2 Å². The van der Waals surface area contributed by atoms with Crippen LogP contribution in [0.4, 0.5) is 0 Å². The number of phenols is 2. The molecular formula is C12H18O3. The van der Waals surface area contributed by atoms with Crippen LogP contribution in [0.25, 0.3) is 0 Å². The van der Waals surface area contributed by atoms with Crippen molar-refractivity contribution >= 4 is 0 Å². The number of rotatable bonds is 6. The fourth-order valence-electron chi connectivity index (χ4n) is 1.37. The van der Waals surface area contributed by atoms with Crippen molar-refractivity contribution in [3.63, 3.8) is 0 Å². The second-order valence-electron chi connectivity index (χ2n) is 3.59. The first-order valence-corrected chi connectivity index (χ1v) is 5.38. The second kappa shape index (κ2) is 6.17. The lowest BCUT2D eigenvalue weighted by molar-refractivity contribution is 0.301. The van der Waals surface area contributed by atoms with Crippen LogP contribution in [0, 0.1) is 0 Å². The van der Waals surface area contributed by atoms with Gasteiger partial charge in [0.15, 0.2) is 0 Å². The molecular weight excluding hydrogens is 192 g/mol. The van der Waals surface area contributed by atoms with Gasteiger partial charge in [0.25, 0.3) is 0 Å². The lowest BCUT2D eigenvalue weighted by Gasteiger charge is -2.06. The van der Waals surface area contributed by atoms with Crippen LogP contribution in [0.1, 0.15) is 32.6 Å². The van der Waals surface area contributed by atoms with Crippen LogP contribution >= 0.6 is 0 Å². The van der Waals surface area contributed by atoms with E-state index in [1.165, 1.54) is 31.0 Å². The van der Waals surface area contributed by atoms with Gasteiger partial charge in [-0.3, -0.25) is 0 Å². The quantitative estimate of drug-likeness (QED) is 0.709. The summed E-state index contributed by atoms with van der Waals surface area (Å²) in [6.45, 7) is 2.79. The highest BCUT2D eigenvalue weighted by Crippen LogP contribution is 2.25. The number of aromatic hydroxyl groups is 2. The monoisotopic (exact) mass is 210 g/mol. The van der Waals surface area contributed by atoms with E-state index < -0.39 is 0 Å². The molecule has 0 heterocycles. The van der Waals surface area contributed by atoms with Gasteiger partial charge in [0, 0.05) is 18.2 Å². The number of unbranched alkanes of at least 4 members (excludes halogenated alkanes) is 3. The van der Waals surface area contributed by atoms with Gasteiger partial charge in [-0.1, -0.05) is 26.2 Å². The van der Waals surface area contributed by atoms with Crippen molar-refractivity contribution < 1.29 is 14.9 Å². The minimum absolute atomic E-state index is 0.0264. The Bertz CT molecular complexity index is 277. The van der Waals surface area contributed by atoms with Gasteiger partial charge in [-0.05, 0) is 6.42 Å². The second-order valence-corrected chi connectivity index (χ2v) is 3.59. The SMILES string of the molecule is CCCCCCOc1cc(O)cc(O)c1. The molecule has 84 valence electrons. The molecule has 0 saturated carbocycles. The first-order valence-electron chi connectivity index (χ1n) is 5.38. The minimum Gasteiger partial charge on any atom is -0.508 e. The molecule has 0 aliphatic carbocycles. The zero-order chi connectivity index (χ0) is 11.1. The highest BCUT2D eigenvalue weighted by atomic mass is 16.5. The maximum absolute atomic E-state index is 9.19. The third-order valence-corrected chi connectivity index (χ3v) is 2.14. The van der Waals surface area contributed by atoms with E-state index in [0.29, 0.717) is 12.4 Å². The van der Waals surface area contributed by atoms with E-state index >= 15 is 0 Å². The Labute approximate surface area is 90.3 Å². The Balaban J connectivity index is 2.31. The molecule has 0 unspecified atom stereocenters. The van der Waals surface area contributed by atoms with E-state index in [9.17, 15) is 10.2 Å². The minimum atomic E-state index is 0.0264. The van der Waals surface area contributed by atoms with Crippen LogP contribution in [-0.2, 0) is 0 Å². The number of phenolic OH excluding ortho intramolecular Hbond substituents is 2. The van der Waals surface area contributed by atoms with Gasteiger partial charge >= 0.3 is 0 Å². The van der Waals surface area contributed by atoms with Crippen LogP contribution in [0.2, 0.25) is 0 Å². The van der Waals surface area contributed by atoms with Gasteiger partial charge in [0.2, 0.25) is 0 Å². The molecule has 3 nitrogen and oxygen atoms in total. The molecule has 0 aliphatic heterocycles. The van der Waals surface area contributed by atoms with Crippen LogP contribution < -0.4 is 4.74 Å². The van der Waals surface area contributed by atoms with Crippen LogP contribution in [0.3, 0.4) is 0 Å². The van der Waals surface area contributed by atoms with Gasteiger partial charge in [-0.2, -0.15) is 0 Å². The summed E-state index contributed by atoms with van der Waals surface area (Å²) in [5.41, 5.74) is 0. The van der Waals surface area contributed by atoms with E-state index in [-0.39, 0.29) is 11.5 Å². The molecule has 3 heteroatoms. The van der Waals surface area contributed by atoms with E-state index in [4.69, 9.17) is 4.74 Å². The topological polar surface area (TPSA) is 49.7 Å². The van der Waals surface area contributed by atoms with Crippen molar-refractivity contribution in [2.75, 3.05) is 6.61 Å². The third kappa shape index (κ3) is 4.58.